The molecule has 232 valence electrons. The van der Waals surface area contributed by atoms with E-state index in [4.69, 9.17) is 15.0 Å². The minimum atomic E-state index is -0.0693. The lowest BCUT2D eigenvalue weighted by atomic mass is 9.80. The highest BCUT2D eigenvalue weighted by Gasteiger charge is 2.36. The average molecular weight is 629 g/mol. The highest BCUT2D eigenvalue weighted by atomic mass is 15.0. The van der Waals surface area contributed by atoms with Crippen LogP contribution in [0.15, 0.2) is 158 Å². The Hall–Kier alpha value is -6.26. The molecule has 0 saturated carbocycles. The molecule has 2 heterocycles. The van der Waals surface area contributed by atoms with Gasteiger partial charge in [-0.15, -0.1) is 0 Å². The average Bonchev–Trinajstić information content (AvgIpc) is 3.41. The van der Waals surface area contributed by atoms with Crippen LogP contribution in [0.1, 0.15) is 25.0 Å². The van der Waals surface area contributed by atoms with Crippen LogP contribution in [0.4, 0.5) is 0 Å². The van der Waals surface area contributed by atoms with E-state index in [1.165, 1.54) is 38.6 Å². The van der Waals surface area contributed by atoms with Crippen LogP contribution in [0.3, 0.4) is 0 Å². The quantitative estimate of drug-likeness (QED) is 0.190. The van der Waals surface area contributed by atoms with Crippen LogP contribution in [0.25, 0.3) is 78.3 Å². The molecule has 1 aliphatic carbocycles. The van der Waals surface area contributed by atoms with Gasteiger partial charge in [0, 0.05) is 34.5 Å². The van der Waals surface area contributed by atoms with Crippen molar-refractivity contribution in [2.24, 2.45) is 0 Å². The highest BCUT2D eigenvalue weighted by Crippen LogP contribution is 2.52. The molecular formula is C45H32N4. The van der Waals surface area contributed by atoms with Gasteiger partial charge in [-0.1, -0.05) is 141 Å². The van der Waals surface area contributed by atoms with Gasteiger partial charge in [-0.2, -0.15) is 0 Å². The molecule has 0 amide bonds. The highest BCUT2D eigenvalue weighted by molar-refractivity contribution is 5.98. The normalized spacial score (nSPS) is 12.9. The lowest BCUT2D eigenvalue weighted by molar-refractivity contribution is 0.666. The topological polar surface area (TPSA) is 51.6 Å². The molecule has 1 aliphatic rings. The minimum absolute atomic E-state index is 0.0693. The van der Waals surface area contributed by atoms with Crippen LogP contribution in [-0.4, -0.2) is 19.9 Å². The Balaban J connectivity index is 1.09. The maximum absolute atomic E-state index is 4.99. The Morgan fingerprint density at radius 2 is 0.918 bits per heavy atom. The van der Waals surface area contributed by atoms with Gasteiger partial charge in [-0.25, -0.2) is 15.0 Å². The molecule has 0 atom stereocenters. The van der Waals surface area contributed by atoms with Crippen molar-refractivity contribution in [1.82, 2.24) is 19.9 Å². The summed E-state index contributed by atoms with van der Waals surface area (Å²) >= 11 is 0. The molecule has 9 rings (SSSR count). The number of fused-ring (bicyclic) bond motifs is 5. The van der Waals surface area contributed by atoms with Crippen LogP contribution >= 0.6 is 0 Å². The fourth-order valence-corrected chi connectivity index (χ4v) is 7.31. The molecule has 0 radical (unpaired) electrons. The second kappa shape index (κ2) is 11.5. The zero-order chi connectivity index (χ0) is 33.0. The zero-order valence-electron chi connectivity index (χ0n) is 27.3. The van der Waals surface area contributed by atoms with Gasteiger partial charge < -0.3 is 0 Å². The minimum Gasteiger partial charge on any atom is -0.265 e. The number of aromatic nitrogens is 4. The largest absolute Gasteiger partial charge is 0.265 e. The summed E-state index contributed by atoms with van der Waals surface area (Å²) in [5.74, 6) is 1.93. The van der Waals surface area contributed by atoms with Crippen LogP contribution in [0.2, 0.25) is 0 Å². The molecule has 0 bridgehead atoms. The van der Waals surface area contributed by atoms with Gasteiger partial charge in [0.1, 0.15) is 0 Å². The number of hydrogen-bond acceptors (Lipinski definition) is 4. The lowest BCUT2D eigenvalue weighted by Crippen LogP contribution is -2.15. The summed E-state index contributed by atoms with van der Waals surface area (Å²) in [6, 6.07) is 51.3. The van der Waals surface area contributed by atoms with E-state index < -0.39 is 0 Å². The third-order valence-electron chi connectivity index (χ3n) is 9.84. The van der Waals surface area contributed by atoms with E-state index in [0.29, 0.717) is 17.5 Å². The second-order valence-electron chi connectivity index (χ2n) is 13.2. The first-order valence-electron chi connectivity index (χ1n) is 16.6. The molecule has 6 aromatic carbocycles. The van der Waals surface area contributed by atoms with E-state index in [9.17, 15) is 0 Å². The van der Waals surface area contributed by atoms with E-state index in [0.717, 1.165) is 33.4 Å². The number of nitrogens with zero attached hydrogens (tertiary/aromatic N) is 4. The van der Waals surface area contributed by atoms with E-state index in [-0.39, 0.29) is 5.41 Å². The predicted molar refractivity (Wildman–Crippen MR) is 200 cm³/mol. The fraction of sp³-hybridized carbons (Fsp3) is 0.0667. The smallest absolute Gasteiger partial charge is 0.164 e. The Kier molecular flexibility index (Phi) is 6.77. The summed E-state index contributed by atoms with van der Waals surface area (Å²) in [6.45, 7) is 4.70. The van der Waals surface area contributed by atoms with Crippen LogP contribution in [0, 0.1) is 0 Å². The van der Waals surface area contributed by atoms with Crippen molar-refractivity contribution >= 4 is 10.8 Å². The summed E-state index contributed by atoms with van der Waals surface area (Å²) in [5, 5.41) is 2.63. The summed E-state index contributed by atoms with van der Waals surface area (Å²) in [4.78, 5) is 19.0. The molecule has 2 aromatic heterocycles. The summed E-state index contributed by atoms with van der Waals surface area (Å²) < 4.78 is 0. The van der Waals surface area contributed by atoms with Crippen LogP contribution in [-0.2, 0) is 5.41 Å². The fourth-order valence-electron chi connectivity index (χ4n) is 7.31. The SMILES string of the molecule is CC1(C)c2ccc(-c3ccc(-c4nc(-c5ccccc5)nc(-c5ccc(-c6ccncc6)cc5)n4)cc3)cc2-c2ccc3ccccc3c21. The molecule has 0 fully saturated rings. The van der Waals surface area contributed by atoms with Gasteiger partial charge in [0.2, 0.25) is 0 Å². The predicted octanol–water partition coefficient (Wildman–Crippen LogP) is 11.1. The van der Waals surface area contributed by atoms with E-state index >= 15 is 0 Å². The molecule has 49 heavy (non-hydrogen) atoms. The van der Waals surface area contributed by atoms with Gasteiger partial charge >= 0.3 is 0 Å². The third-order valence-corrected chi connectivity index (χ3v) is 9.84. The van der Waals surface area contributed by atoms with Crippen molar-refractivity contribution in [1.29, 1.82) is 0 Å². The first kappa shape index (κ1) is 28.9. The van der Waals surface area contributed by atoms with Gasteiger partial charge in [0.05, 0.1) is 0 Å². The van der Waals surface area contributed by atoms with Gasteiger partial charge in [0.25, 0.3) is 0 Å². The number of hydrogen-bond donors (Lipinski definition) is 0. The lowest BCUT2D eigenvalue weighted by Gasteiger charge is -2.23. The third kappa shape index (κ3) is 5.01. The molecule has 4 nitrogen and oxygen atoms in total. The van der Waals surface area contributed by atoms with Crippen LogP contribution < -0.4 is 0 Å². The summed E-state index contributed by atoms with van der Waals surface area (Å²) in [7, 11) is 0. The van der Waals surface area contributed by atoms with Crippen molar-refractivity contribution in [3.8, 4) is 67.5 Å². The van der Waals surface area contributed by atoms with Gasteiger partial charge in [-0.3, -0.25) is 4.98 Å². The Labute approximate surface area is 285 Å². The van der Waals surface area contributed by atoms with E-state index in [2.05, 4.69) is 122 Å². The molecule has 0 spiro atoms. The summed E-state index contributed by atoms with van der Waals surface area (Å²) in [5.41, 5.74) is 12.8. The Morgan fingerprint density at radius 3 is 1.57 bits per heavy atom. The molecule has 4 heteroatoms. The second-order valence-corrected chi connectivity index (χ2v) is 13.2. The molecule has 8 aromatic rings. The standard InChI is InChI=1S/C45H32N4/c1-45(2)40-23-21-36(28-39(40)38-22-20-32-8-6-7-11-37(32)41(38)45)30-14-18-35(19-15-30)44-48-42(33-9-4-3-5-10-33)47-43(49-44)34-16-12-29(13-17-34)31-24-26-46-27-25-31/h3-28H,1-2H3. The molecule has 0 aliphatic heterocycles. The van der Waals surface area contributed by atoms with Crippen molar-refractivity contribution < 1.29 is 0 Å². The zero-order valence-corrected chi connectivity index (χ0v) is 27.3. The van der Waals surface area contributed by atoms with Crippen molar-refractivity contribution in [2.75, 3.05) is 0 Å². The van der Waals surface area contributed by atoms with E-state index in [1.54, 1.807) is 0 Å². The van der Waals surface area contributed by atoms with E-state index in [1.807, 2.05) is 54.9 Å². The van der Waals surface area contributed by atoms with Crippen molar-refractivity contribution in [3.05, 3.63) is 169 Å². The maximum atomic E-state index is 4.99. The monoisotopic (exact) mass is 628 g/mol. The maximum Gasteiger partial charge on any atom is 0.164 e. The summed E-state index contributed by atoms with van der Waals surface area (Å²) in [6.07, 6.45) is 3.62. The van der Waals surface area contributed by atoms with Gasteiger partial charge in [-0.05, 0) is 73.5 Å². The molecular weight excluding hydrogens is 597 g/mol. The first-order valence-corrected chi connectivity index (χ1v) is 16.6. The Morgan fingerprint density at radius 1 is 0.408 bits per heavy atom. The van der Waals surface area contributed by atoms with Crippen molar-refractivity contribution in [2.45, 2.75) is 19.3 Å². The first-order chi connectivity index (χ1) is 24.0. The number of pyridine rings is 1. The number of rotatable bonds is 5. The molecule has 0 N–H and O–H groups in total. The van der Waals surface area contributed by atoms with Crippen molar-refractivity contribution in [3.63, 3.8) is 0 Å². The molecule has 0 saturated heterocycles. The Bertz CT molecular complexity index is 2490. The number of benzene rings is 6. The van der Waals surface area contributed by atoms with Crippen LogP contribution in [0.5, 0.6) is 0 Å². The molecule has 0 unspecified atom stereocenters. The van der Waals surface area contributed by atoms with Gasteiger partial charge in [0.15, 0.2) is 17.5 Å².